The van der Waals surface area contributed by atoms with Gasteiger partial charge in [0.25, 0.3) is 0 Å². The molecule has 0 spiro atoms. The van der Waals surface area contributed by atoms with Crippen molar-refractivity contribution in [1.82, 2.24) is 0 Å². The van der Waals surface area contributed by atoms with E-state index in [1.54, 1.807) is 0 Å². The van der Waals surface area contributed by atoms with E-state index in [-0.39, 0.29) is 13.2 Å². The summed E-state index contributed by atoms with van der Waals surface area (Å²) in [7, 11) is 0. The van der Waals surface area contributed by atoms with Gasteiger partial charge in [0, 0.05) is 12.5 Å². The van der Waals surface area contributed by atoms with Crippen molar-refractivity contribution < 1.29 is 10.2 Å². The first kappa shape index (κ1) is 7.76. The summed E-state index contributed by atoms with van der Waals surface area (Å²) >= 11 is 0. The Morgan fingerprint density at radius 2 is 2.10 bits per heavy atom. The molecular formula is C8H14O2. The Balaban J connectivity index is 1.91. The zero-order chi connectivity index (χ0) is 7.40. The van der Waals surface area contributed by atoms with E-state index < -0.39 is 0 Å². The SMILES string of the molecule is OCCCCC1=C[C@H]1CO. The van der Waals surface area contributed by atoms with Crippen molar-refractivity contribution >= 4 is 0 Å². The summed E-state index contributed by atoms with van der Waals surface area (Å²) in [6.07, 6.45) is 5.09. The molecule has 0 aromatic rings. The lowest BCUT2D eigenvalue weighted by atomic mass is 10.1. The van der Waals surface area contributed by atoms with E-state index in [0.717, 1.165) is 19.3 Å². The molecule has 2 N–H and O–H groups in total. The van der Waals surface area contributed by atoms with Crippen LogP contribution < -0.4 is 0 Å². The molecular weight excluding hydrogens is 128 g/mol. The van der Waals surface area contributed by atoms with Crippen LogP contribution in [0.5, 0.6) is 0 Å². The first-order valence-electron chi connectivity index (χ1n) is 3.80. The zero-order valence-electron chi connectivity index (χ0n) is 6.08. The quantitative estimate of drug-likeness (QED) is 0.438. The highest BCUT2D eigenvalue weighted by molar-refractivity contribution is 5.28. The highest BCUT2D eigenvalue weighted by Crippen LogP contribution is 2.32. The maximum atomic E-state index is 8.63. The van der Waals surface area contributed by atoms with Crippen molar-refractivity contribution in [2.75, 3.05) is 13.2 Å². The van der Waals surface area contributed by atoms with Crippen LogP contribution in [0.25, 0.3) is 0 Å². The van der Waals surface area contributed by atoms with E-state index in [4.69, 9.17) is 10.2 Å². The van der Waals surface area contributed by atoms with Crippen molar-refractivity contribution in [1.29, 1.82) is 0 Å². The second kappa shape index (κ2) is 3.74. The largest absolute Gasteiger partial charge is 0.396 e. The standard InChI is InChI=1S/C8H14O2/c9-4-2-1-3-7-5-8(7)6-10/h5,8-10H,1-4,6H2/t8-/m0/s1. The average molecular weight is 142 g/mol. The van der Waals surface area contributed by atoms with Gasteiger partial charge in [-0.15, -0.1) is 0 Å². The minimum atomic E-state index is 0.272. The molecule has 0 fully saturated rings. The first-order valence-corrected chi connectivity index (χ1v) is 3.80. The molecule has 0 radical (unpaired) electrons. The summed E-state index contributed by atoms with van der Waals surface area (Å²) < 4.78 is 0. The van der Waals surface area contributed by atoms with Gasteiger partial charge in [0.15, 0.2) is 0 Å². The monoisotopic (exact) mass is 142 g/mol. The molecule has 10 heavy (non-hydrogen) atoms. The van der Waals surface area contributed by atoms with Crippen molar-refractivity contribution in [3.63, 3.8) is 0 Å². The molecule has 2 nitrogen and oxygen atoms in total. The minimum absolute atomic E-state index is 0.272. The highest BCUT2D eigenvalue weighted by Gasteiger charge is 2.21. The molecule has 0 amide bonds. The molecule has 0 aliphatic heterocycles. The Morgan fingerprint density at radius 3 is 2.60 bits per heavy atom. The lowest BCUT2D eigenvalue weighted by Crippen LogP contribution is -1.89. The second-order valence-electron chi connectivity index (χ2n) is 2.71. The number of unbranched alkanes of at least 4 members (excludes halogenated alkanes) is 1. The molecule has 0 saturated heterocycles. The molecule has 2 heteroatoms. The van der Waals surface area contributed by atoms with Gasteiger partial charge in [-0.3, -0.25) is 0 Å². The summed E-state index contributed by atoms with van der Waals surface area (Å²) in [6.45, 7) is 0.561. The van der Waals surface area contributed by atoms with Gasteiger partial charge in [-0.1, -0.05) is 11.6 Å². The Morgan fingerprint density at radius 1 is 1.30 bits per heavy atom. The summed E-state index contributed by atoms with van der Waals surface area (Å²) in [5.74, 6) is 0.388. The smallest absolute Gasteiger partial charge is 0.0531 e. The summed E-state index contributed by atoms with van der Waals surface area (Å²) in [4.78, 5) is 0. The lowest BCUT2D eigenvalue weighted by Gasteiger charge is -1.94. The average Bonchev–Trinajstić information content (AvgIpc) is 2.68. The fourth-order valence-corrected chi connectivity index (χ4v) is 1.09. The van der Waals surface area contributed by atoms with Gasteiger partial charge in [-0.25, -0.2) is 0 Å². The number of aliphatic hydroxyl groups excluding tert-OH is 2. The van der Waals surface area contributed by atoms with E-state index in [1.165, 1.54) is 5.57 Å². The van der Waals surface area contributed by atoms with Gasteiger partial charge >= 0.3 is 0 Å². The summed E-state index contributed by atoms with van der Waals surface area (Å²) in [6, 6.07) is 0. The Labute approximate surface area is 61.2 Å². The Kier molecular flexibility index (Phi) is 2.90. The third-order valence-corrected chi connectivity index (χ3v) is 1.85. The number of aliphatic hydroxyl groups is 2. The van der Waals surface area contributed by atoms with Gasteiger partial charge in [-0.05, 0) is 19.3 Å². The van der Waals surface area contributed by atoms with Gasteiger partial charge in [0.2, 0.25) is 0 Å². The van der Waals surface area contributed by atoms with E-state index >= 15 is 0 Å². The molecule has 0 aromatic heterocycles. The molecule has 0 bridgehead atoms. The number of hydrogen-bond acceptors (Lipinski definition) is 2. The second-order valence-corrected chi connectivity index (χ2v) is 2.71. The van der Waals surface area contributed by atoms with Crippen LogP contribution in [-0.2, 0) is 0 Å². The zero-order valence-corrected chi connectivity index (χ0v) is 6.08. The van der Waals surface area contributed by atoms with Gasteiger partial charge in [0.1, 0.15) is 0 Å². The Bertz CT molecular complexity index is 129. The molecule has 1 atom stereocenters. The van der Waals surface area contributed by atoms with Crippen LogP contribution in [0.2, 0.25) is 0 Å². The predicted octanol–water partition coefficient (Wildman–Crippen LogP) is 0.698. The molecule has 0 heterocycles. The van der Waals surface area contributed by atoms with Crippen LogP contribution in [-0.4, -0.2) is 23.4 Å². The van der Waals surface area contributed by atoms with Gasteiger partial charge < -0.3 is 10.2 Å². The van der Waals surface area contributed by atoms with E-state index in [2.05, 4.69) is 6.08 Å². The first-order chi connectivity index (χ1) is 4.88. The molecule has 0 aromatic carbocycles. The number of hydrogen-bond donors (Lipinski definition) is 2. The van der Waals surface area contributed by atoms with Crippen molar-refractivity contribution in [2.24, 2.45) is 5.92 Å². The van der Waals surface area contributed by atoms with E-state index in [9.17, 15) is 0 Å². The van der Waals surface area contributed by atoms with Crippen molar-refractivity contribution in [3.8, 4) is 0 Å². The van der Waals surface area contributed by atoms with Crippen LogP contribution in [0.15, 0.2) is 11.6 Å². The third-order valence-electron chi connectivity index (χ3n) is 1.85. The highest BCUT2D eigenvalue weighted by atomic mass is 16.3. The van der Waals surface area contributed by atoms with Crippen LogP contribution in [0.1, 0.15) is 19.3 Å². The third kappa shape index (κ3) is 2.12. The molecule has 1 aliphatic carbocycles. The molecule has 0 unspecified atom stereocenters. The van der Waals surface area contributed by atoms with E-state index in [1.807, 2.05) is 0 Å². The maximum absolute atomic E-state index is 8.63. The van der Waals surface area contributed by atoms with Crippen molar-refractivity contribution in [3.05, 3.63) is 11.6 Å². The fraction of sp³-hybridized carbons (Fsp3) is 0.750. The lowest BCUT2D eigenvalue weighted by molar-refractivity contribution is 0.277. The predicted molar refractivity (Wildman–Crippen MR) is 39.6 cm³/mol. The summed E-state index contributed by atoms with van der Waals surface area (Å²) in [5.41, 5.74) is 1.37. The fourth-order valence-electron chi connectivity index (χ4n) is 1.09. The molecule has 0 saturated carbocycles. The normalized spacial score (nSPS) is 22.6. The van der Waals surface area contributed by atoms with Crippen LogP contribution in [0.4, 0.5) is 0 Å². The maximum Gasteiger partial charge on any atom is 0.0531 e. The topological polar surface area (TPSA) is 40.5 Å². The van der Waals surface area contributed by atoms with Crippen LogP contribution in [0, 0.1) is 5.92 Å². The minimum Gasteiger partial charge on any atom is -0.396 e. The Hall–Kier alpha value is -0.340. The van der Waals surface area contributed by atoms with E-state index in [0.29, 0.717) is 5.92 Å². The number of rotatable bonds is 5. The van der Waals surface area contributed by atoms with Gasteiger partial charge in [-0.2, -0.15) is 0 Å². The van der Waals surface area contributed by atoms with Crippen LogP contribution >= 0.6 is 0 Å². The van der Waals surface area contributed by atoms with Crippen LogP contribution in [0.3, 0.4) is 0 Å². The van der Waals surface area contributed by atoms with Gasteiger partial charge in [0.05, 0.1) is 6.61 Å². The summed E-state index contributed by atoms with van der Waals surface area (Å²) in [5, 5.41) is 17.1. The molecule has 1 aliphatic rings. The molecule has 1 rings (SSSR count). The molecule has 58 valence electrons. The van der Waals surface area contributed by atoms with Crippen molar-refractivity contribution in [2.45, 2.75) is 19.3 Å².